The summed E-state index contributed by atoms with van der Waals surface area (Å²) in [5, 5.41) is 12.2. The van der Waals surface area contributed by atoms with E-state index in [2.05, 4.69) is 10.1 Å². The van der Waals surface area contributed by atoms with Crippen LogP contribution in [0.15, 0.2) is 23.4 Å². The van der Waals surface area contributed by atoms with E-state index in [0.29, 0.717) is 17.1 Å². The molecule has 1 aliphatic rings. The minimum Gasteiger partial charge on any atom is -0.409 e. The summed E-state index contributed by atoms with van der Waals surface area (Å²) in [7, 11) is 0. The fourth-order valence-corrected chi connectivity index (χ4v) is 2.57. The molecule has 19 heavy (non-hydrogen) atoms. The molecule has 1 aromatic rings. The Bertz CT molecular complexity index is 473. The number of halogens is 2. The molecule has 0 aromatic heterocycles. The number of rotatable bonds is 3. The molecule has 0 saturated carbocycles. The molecule has 0 bridgehead atoms. The average Bonchev–Trinajstić information content (AvgIpc) is 2.43. The fraction of sp³-hybridized carbons (Fsp3) is 0.462. The second kappa shape index (κ2) is 6.21. The molecule has 1 saturated heterocycles. The molecule has 6 heteroatoms. The van der Waals surface area contributed by atoms with E-state index in [1.807, 2.05) is 0 Å². The third kappa shape index (κ3) is 3.58. The Balaban J connectivity index is 1.94. The van der Waals surface area contributed by atoms with E-state index in [-0.39, 0.29) is 17.6 Å². The quantitative estimate of drug-likeness (QED) is 0.388. The average molecular weight is 286 g/mol. The molecule has 4 nitrogen and oxygen atoms in total. The topological polar surface area (TPSA) is 61.9 Å². The Morgan fingerprint density at radius 2 is 2.16 bits per heavy atom. The zero-order valence-electron chi connectivity index (χ0n) is 10.5. The summed E-state index contributed by atoms with van der Waals surface area (Å²) in [4.78, 5) is 2.15. The largest absolute Gasteiger partial charge is 0.409 e. The monoisotopic (exact) mass is 285 g/mol. The molecule has 1 aromatic carbocycles. The van der Waals surface area contributed by atoms with Crippen LogP contribution in [0.5, 0.6) is 0 Å². The summed E-state index contributed by atoms with van der Waals surface area (Å²) in [6.45, 7) is 2.13. The van der Waals surface area contributed by atoms with Gasteiger partial charge in [0.25, 0.3) is 0 Å². The van der Waals surface area contributed by atoms with E-state index in [4.69, 9.17) is 22.5 Å². The second-order valence-corrected chi connectivity index (χ2v) is 5.25. The van der Waals surface area contributed by atoms with Crippen molar-refractivity contribution in [1.29, 1.82) is 0 Å². The Labute approximate surface area is 116 Å². The van der Waals surface area contributed by atoms with Gasteiger partial charge in [-0.1, -0.05) is 16.8 Å². The van der Waals surface area contributed by atoms with Gasteiger partial charge in [0.15, 0.2) is 0 Å². The molecule has 104 valence electrons. The highest BCUT2D eigenvalue weighted by Crippen LogP contribution is 2.21. The Morgan fingerprint density at radius 3 is 2.79 bits per heavy atom. The summed E-state index contributed by atoms with van der Waals surface area (Å²) in [5.41, 5.74) is 6.20. The second-order valence-electron chi connectivity index (χ2n) is 4.81. The molecular weight excluding hydrogens is 269 g/mol. The van der Waals surface area contributed by atoms with Crippen LogP contribution >= 0.6 is 11.6 Å². The molecule has 0 unspecified atom stereocenters. The van der Waals surface area contributed by atoms with Gasteiger partial charge in [0.1, 0.15) is 11.7 Å². The van der Waals surface area contributed by atoms with Crippen LogP contribution in [0.1, 0.15) is 18.4 Å². The van der Waals surface area contributed by atoms with Gasteiger partial charge in [-0.15, -0.1) is 0 Å². The minimum atomic E-state index is -0.233. The number of hydrogen-bond donors (Lipinski definition) is 2. The maximum absolute atomic E-state index is 13.6. The SMILES string of the molecule is N/C(=N/O)C1CCN(Cc2cc(Cl)ccc2F)CC1. The maximum Gasteiger partial charge on any atom is 0.142 e. The predicted molar refractivity (Wildman–Crippen MR) is 72.8 cm³/mol. The molecule has 0 amide bonds. The van der Waals surface area contributed by atoms with Crippen LogP contribution in [0.4, 0.5) is 4.39 Å². The number of likely N-dealkylation sites (tertiary alicyclic amines) is 1. The Hall–Kier alpha value is -1.33. The first-order valence-corrected chi connectivity index (χ1v) is 6.61. The van der Waals surface area contributed by atoms with Crippen molar-refractivity contribution in [2.24, 2.45) is 16.8 Å². The highest BCUT2D eigenvalue weighted by Gasteiger charge is 2.22. The third-order valence-electron chi connectivity index (χ3n) is 3.52. The van der Waals surface area contributed by atoms with Crippen LogP contribution in [-0.4, -0.2) is 29.0 Å². The van der Waals surface area contributed by atoms with Gasteiger partial charge < -0.3 is 10.9 Å². The van der Waals surface area contributed by atoms with E-state index < -0.39 is 0 Å². The zero-order valence-corrected chi connectivity index (χ0v) is 11.3. The summed E-state index contributed by atoms with van der Waals surface area (Å²) < 4.78 is 13.6. The van der Waals surface area contributed by atoms with Gasteiger partial charge in [-0.05, 0) is 44.1 Å². The molecule has 1 aliphatic heterocycles. The van der Waals surface area contributed by atoms with Crippen LogP contribution in [-0.2, 0) is 6.54 Å². The number of benzene rings is 1. The molecule has 0 atom stereocenters. The van der Waals surface area contributed by atoms with Crippen molar-refractivity contribution >= 4 is 17.4 Å². The first kappa shape index (κ1) is 14.1. The molecule has 3 N–H and O–H groups in total. The van der Waals surface area contributed by atoms with Crippen molar-refractivity contribution in [3.8, 4) is 0 Å². The van der Waals surface area contributed by atoms with E-state index in [1.54, 1.807) is 12.1 Å². The van der Waals surface area contributed by atoms with Crippen molar-refractivity contribution in [2.75, 3.05) is 13.1 Å². The van der Waals surface area contributed by atoms with Crippen molar-refractivity contribution in [1.82, 2.24) is 4.90 Å². The summed E-state index contributed by atoms with van der Waals surface area (Å²) in [6.07, 6.45) is 1.64. The van der Waals surface area contributed by atoms with Gasteiger partial charge in [0.2, 0.25) is 0 Å². The van der Waals surface area contributed by atoms with Crippen molar-refractivity contribution in [3.63, 3.8) is 0 Å². The highest BCUT2D eigenvalue weighted by atomic mass is 35.5. The lowest BCUT2D eigenvalue weighted by molar-refractivity contribution is 0.196. The summed E-state index contributed by atoms with van der Waals surface area (Å²) in [5.74, 6) is 0.169. The van der Waals surface area contributed by atoms with Crippen molar-refractivity contribution in [2.45, 2.75) is 19.4 Å². The first-order valence-electron chi connectivity index (χ1n) is 6.24. The van der Waals surface area contributed by atoms with Gasteiger partial charge in [0, 0.05) is 23.0 Å². The molecule has 0 spiro atoms. The van der Waals surface area contributed by atoms with Crippen LogP contribution in [0.25, 0.3) is 0 Å². The number of amidine groups is 1. The lowest BCUT2D eigenvalue weighted by atomic mass is 9.95. The summed E-state index contributed by atoms with van der Waals surface area (Å²) >= 11 is 5.87. The lowest BCUT2D eigenvalue weighted by Crippen LogP contribution is -2.38. The predicted octanol–water partition coefficient (Wildman–Crippen LogP) is 2.44. The molecular formula is C13H17ClFN3O. The molecule has 0 aliphatic carbocycles. The Kier molecular flexibility index (Phi) is 4.61. The number of hydrogen-bond acceptors (Lipinski definition) is 3. The van der Waals surface area contributed by atoms with Crippen LogP contribution in [0.3, 0.4) is 0 Å². The van der Waals surface area contributed by atoms with Crippen LogP contribution < -0.4 is 5.73 Å². The molecule has 1 heterocycles. The van der Waals surface area contributed by atoms with Gasteiger partial charge >= 0.3 is 0 Å². The third-order valence-corrected chi connectivity index (χ3v) is 3.76. The van der Waals surface area contributed by atoms with E-state index in [9.17, 15) is 4.39 Å². The van der Waals surface area contributed by atoms with Gasteiger partial charge in [-0.25, -0.2) is 4.39 Å². The van der Waals surface area contributed by atoms with E-state index >= 15 is 0 Å². The van der Waals surface area contributed by atoms with Gasteiger partial charge in [-0.2, -0.15) is 0 Å². The fourth-order valence-electron chi connectivity index (χ4n) is 2.37. The highest BCUT2D eigenvalue weighted by molar-refractivity contribution is 6.30. The standard InChI is InChI=1S/C13H17ClFN3O/c14-11-1-2-12(15)10(7-11)8-18-5-3-9(4-6-18)13(16)17-19/h1-2,7,9,19H,3-6,8H2,(H2,16,17). The van der Waals surface area contributed by atoms with Crippen LogP contribution in [0, 0.1) is 11.7 Å². The Morgan fingerprint density at radius 1 is 1.47 bits per heavy atom. The first-order chi connectivity index (χ1) is 9.10. The van der Waals surface area contributed by atoms with Crippen LogP contribution in [0.2, 0.25) is 5.02 Å². The maximum atomic E-state index is 13.6. The van der Waals surface area contributed by atoms with Gasteiger partial charge in [-0.3, -0.25) is 4.90 Å². The zero-order chi connectivity index (χ0) is 13.8. The minimum absolute atomic E-state index is 0.116. The lowest BCUT2D eigenvalue weighted by Gasteiger charge is -2.31. The number of nitrogens with zero attached hydrogens (tertiary/aromatic N) is 2. The molecule has 1 fully saturated rings. The number of nitrogens with two attached hydrogens (primary N) is 1. The molecule has 0 radical (unpaired) electrons. The molecule has 2 rings (SSSR count). The normalized spacial score (nSPS) is 18.7. The number of piperidine rings is 1. The summed E-state index contributed by atoms with van der Waals surface area (Å²) in [6, 6.07) is 4.60. The number of oxime groups is 1. The van der Waals surface area contributed by atoms with Crippen molar-refractivity contribution in [3.05, 3.63) is 34.6 Å². The smallest absolute Gasteiger partial charge is 0.142 e. The van der Waals surface area contributed by atoms with E-state index in [0.717, 1.165) is 25.9 Å². The van der Waals surface area contributed by atoms with E-state index in [1.165, 1.54) is 6.07 Å². The van der Waals surface area contributed by atoms with Crippen molar-refractivity contribution < 1.29 is 9.60 Å². The van der Waals surface area contributed by atoms with Gasteiger partial charge in [0.05, 0.1) is 0 Å².